The molecule has 5 atom stereocenters. The van der Waals surface area contributed by atoms with E-state index in [-0.39, 0.29) is 19.6 Å². The van der Waals surface area contributed by atoms with Crippen LogP contribution in [0, 0.1) is 0 Å². The molecule has 1 aliphatic heterocycles. The maximum Gasteiger partial charge on any atom is 0.469 e. The Morgan fingerprint density at radius 3 is 2.17 bits per heavy atom. The summed E-state index contributed by atoms with van der Waals surface area (Å²) >= 11 is 0. The number of phosphoric ester groups is 1. The number of ether oxygens (including phenoxy) is 1. The fraction of sp³-hybridized carbons (Fsp3) is 0.909. The Morgan fingerprint density at radius 2 is 1.83 bits per heavy atom. The number of nitrogens with two attached hydrogens (primary N) is 1. The quantitative estimate of drug-likeness (QED) is 0.209. The lowest BCUT2D eigenvalue weighted by atomic mass is 9.89. The summed E-state index contributed by atoms with van der Waals surface area (Å²) in [7, 11) is -4.26. The molecule has 0 aromatic heterocycles. The molecule has 12 nitrogen and oxygen atoms in total. The van der Waals surface area contributed by atoms with Gasteiger partial charge in [-0.3, -0.25) is 9.32 Å². The topological polar surface area (TPSA) is 220 Å². The van der Waals surface area contributed by atoms with Gasteiger partial charge in [-0.15, -0.1) is 0 Å². The fourth-order valence-electron chi connectivity index (χ4n) is 1.81. The summed E-state index contributed by atoms with van der Waals surface area (Å²) in [5.74, 6) is -3.41. The van der Waals surface area contributed by atoms with Gasteiger partial charge in [0.2, 0.25) is 0 Å². The molecule has 0 unspecified atom stereocenters. The second-order valence-corrected chi connectivity index (χ2v) is 6.09. The molecule has 0 amide bonds. The van der Waals surface area contributed by atoms with Crippen molar-refractivity contribution in [3.63, 3.8) is 0 Å². The molecule has 9 N–H and O–H groups in total. The predicted octanol–water partition coefficient (Wildman–Crippen LogP) is -3.82. The Kier molecular flexibility index (Phi) is 9.64. The molecule has 1 saturated heterocycles. The van der Waals surface area contributed by atoms with Crippen LogP contribution in [0.15, 0.2) is 0 Å². The maximum absolute atomic E-state index is 11.4. The molecular formula is C11H24NO11P. The van der Waals surface area contributed by atoms with Crippen LogP contribution in [-0.2, 0) is 18.6 Å². The Hall–Kier alpha value is -0.500. The summed E-state index contributed by atoms with van der Waals surface area (Å²) < 4.78 is 18.5. The van der Waals surface area contributed by atoms with Gasteiger partial charge in [0.15, 0.2) is 5.78 Å². The average molecular weight is 377 g/mol. The third-order valence-electron chi connectivity index (χ3n) is 3.06. The summed E-state index contributed by atoms with van der Waals surface area (Å²) in [6, 6.07) is 0. The molecule has 0 bridgehead atoms. The SMILES string of the molecule is CCC(=O)[C@@]1(O)O[C@H](CO)[C@H](O)[C@H](O)[C@H]1O.NCCOP(=O)(O)O. The first-order valence-electron chi connectivity index (χ1n) is 6.93. The zero-order valence-corrected chi connectivity index (χ0v) is 13.8. The highest BCUT2D eigenvalue weighted by molar-refractivity contribution is 7.46. The number of Topliss-reactive ketones (excluding diaryl/α,β-unsaturated/α-hetero) is 1. The molecule has 13 heteroatoms. The van der Waals surface area contributed by atoms with Gasteiger partial charge in [0, 0.05) is 13.0 Å². The van der Waals surface area contributed by atoms with Gasteiger partial charge in [-0.2, -0.15) is 0 Å². The van der Waals surface area contributed by atoms with E-state index in [4.69, 9.17) is 25.4 Å². The van der Waals surface area contributed by atoms with Crippen molar-refractivity contribution < 1.29 is 53.9 Å². The van der Waals surface area contributed by atoms with Crippen molar-refractivity contribution >= 4 is 13.6 Å². The lowest BCUT2D eigenvalue weighted by Crippen LogP contribution is -2.68. The van der Waals surface area contributed by atoms with Gasteiger partial charge in [-0.25, -0.2) is 4.57 Å². The summed E-state index contributed by atoms with van der Waals surface area (Å²) in [6.45, 7) is 0.765. The van der Waals surface area contributed by atoms with E-state index in [0.717, 1.165) is 0 Å². The van der Waals surface area contributed by atoms with Crippen LogP contribution in [0.3, 0.4) is 0 Å². The molecule has 144 valence electrons. The lowest BCUT2D eigenvalue weighted by Gasteiger charge is -2.44. The van der Waals surface area contributed by atoms with Crippen molar-refractivity contribution in [2.75, 3.05) is 19.8 Å². The molecule has 1 heterocycles. The van der Waals surface area contributed by atoms with E-state index < -0.39 is 50.4 Å². The van der Waals surface area contributed by atoms with Crippen LogP contribution in [0.4, 0.5) is 0 Å². The highest BCUT2D eigenvalue weighted by Gasteiger charge is 2.56. The molecule has 0 radical (unpaired) electrons. The molecule has 0 aromatic carbocycles. The Morgan fingerprint density at radius 1 is 1.29 bits per heavy atom. The summed E-state index contributed by atoms with van der Waals surface area (Å²) in [4.78, 5) is 27.4. The molecule has 0 aliphatic carbocycles. The molecule has 1 aliphatic rings. The number of aliphatic hydroxyl groups excluding tert-OH is 4. The number of aliphatic hydroxyl groups is 5. The largest absolute Gasteiger partial charge is 0.469 e. The number of rotatable bonds is 6. The van der Waals surface area contributed by atoms with Crippen LogP contribution in [0.1, 0.15) is 13.3 Å². The summed E-state index contributed by atoms with van der Waals surface area (Å²) in [6.07, 6.45) is -6.71. The van der Waals surface area contributed by atoms with E-state index in [9.17, 15) is 29.8 Å². The van der Waals surface area contributed by atoms with E-state index in [1.807, 2.05) is 0 Å². The fourth-order valence-corrected chi connectivity index (χ4v) is 2.15. The van der Waals surface area contributed by atoms with Crippen molar-refractivity contribution in [1.82, 2.24) is 0 Å². The molecular weight excluding hydrogens is 353 g/mol. The third kappa shape index (κ3) is 6.43. The molecule has 24 heavy (non-hydrogen) atoms. The van der Waals surface area contributed by atoms with Crippen molar-refractivity contribution in [2.24, 2.45) is 5.73 Å². The van der Waals surface area contributed by atoms with E-state index in [2.05, 4.69) is 4.52 Å². The van der Waals surface area contributed by atoms with Gasteiger partial charge in [-0.05, 0) is 0 Å². The molecule has 0 spiro atoms. The summed E-state index contributed by atoms with van der Waals surface area (Å²) in [5, 5.41) is 46.9. The zero-order valence-electron chi connectivity index (χ0n) is 12.9. The van der Waals surface area contributed by atoms with Crippen LogP contribution in [0.5, 0.6) is 0 Å². The van der Waals surface area contributed by atoms with Gasteiger partial charge >= 0.3 is 7.82 Å². The van der Waals surface area contributed by atoms with Crippen LogP contribution < -0.4 is 5.73 Å². The number of carbonyl (C=O) groups excluding carboxylic acids is 1. The van der Waals surface area contributed by atoms with Gasteiger partial charge in [0.1, 0.15) is 24.4 Å². The number of hydrogen-bond donors (Lipinski definition) is 8. The number of carbonyl (C=O) groups is 1. The maximum atomic E-state index is 11.4. The average Bonchev–Trinajstić information content (AvgIpc) is 2.53. The van der Waals surface area contributed by atoms with Gasteiger partial charge in [0.05, 0.1) is 13.2 Å². The van der Waals surface area contributed by atoms with E-state index >= 15 is 0 Å². The van der Waals surface area contributed by atoms with Gasteiger partial charge in [-0.1, -0.05) is 6.92 Å². The summed E-state index contributed by atoms with van der Waals surface area (Å²) in [5.41, 5.74) is 4.87. The smallest absolute Gasteiger partial charge is 0.394 e. The minimum atomic E-state index is -4.26. The van der Waals surface area contributed by atoms with E-state index in [1.54, 1.807) is 0 Å². The molecule has 0 aromatic rings. The standard InChI is InChI=1S/C9H16O7.C2H8NO4P/c1-2-5(11)9(15)8(14)7(13)6(12)4(3-10)16-9;3-1-2-7-8(4,5)6/h4,6-8,10,12-15H,2-3H2,1H3;1-3H2,(H2,4,5,6)/t4-,6+,7+,8-,9-;/m1./s1. The van der Waals surface area contributed by atoms with Crippen molar-refractivity contribution in [1.29, 1.82) is 0 Å². The highest BCUT2D eigenvalue weighted by atomic mass is 31.2. The van der Waals surface area contributed by atoms with Crippen LogP contribution in [-0.4, -0.2) is 91.1 Å². The molecule has 0 saturated carbocycles. The van der Waals surface area contributed by atoms with Crippen molar-refractivity contribution in [3.05, 3.63) is 0 Å². The minimum absolute atomic E-state index is 0.107. The van der Waals surface area contributed by atoms with Gasteiger partial charge in [0.25, 0.3) is 5.79 Å². The monoisotopic (exact) mass is 377 g/mol. The Bertz CT molecular complexity index is 442. The zero-order chi connectivity index (χ0) is 19.1. The van der Waals surface area contributed by atoms with Crippen molar-refractivity contribution in [2.45, 2.75) is 43.5 Å². The number of phosphoric acid groups is 1. The second-order valence-electron chi connectivity index (χ2n) is 4.85. The molecule has 1 rings (SSSR count). The van der Waals surface area contributed by atoms with Crippen LogP contribution in [0.2, 0.25) is 0 Å². The first kappa shape index (κ1) is 23.5. The highest BCUT2D eigenvalue weighted by Crippen LogP contribution is 2.34. The van der Waals surface area contributed by atoms with Gasteiger partial charge < -0.3 is 45.8 Å². The normalized spacial score (nSPS) is 33.5. The number of hydrogen-bond acceptors (Lipinski definition) is 10. The first-order valence-corrected chi connectivity index (χ1v) is 8.46. The third-order valence-corrected chi connectivity index (χ3v) is 3.58. The van der Waals surface area contributed by atoms with Crippen molar-refractivity contribution in [3.8, 4) is 0 Å². The second kappa shape index (κ2) is 9.85. The van der Waals surface area contributed by atoms with E-state index in [1.165, 1.54) is 6.92 Å². The number of ketones is 1. The Balaban J connectivity index is 0.000000561. The predicted molar refractivity (Wildman–Crippen MR) is 77.3 cm³/mol. The van der Waals surface area contributed by atoms with Crippen LogP contribution in [0.25, 0.3) is 0 Å². The first-order chi connectivity index (χ1) is 10.9. The van der Waals surface area contributed by atoms with E-state index in [0.29, 0.717) is 0 Å². The minimum Gasteiger partial charge on any atom is -0.394 e. The lowest BCUT2D eigenvalue weighted by molar-refractivity contribution is -0.330. The van der Waals surface area contributed by atoms with Crippen LogP contribution >= 0.6 is 7.82 Å². The molecule has 1 fully saturated rings. The Labute approximate surface area is 137 Å².